The molecule has 1 aromatic carbocycles. The van der Waals surface area contributed by atoms with Crippen molar-refractivity contribution in [2.24, 2.45) is 0 Å². The standard InChI is InChI=1S/C17H11ClN6O/c1-8-21-16-12-6-11(9-2-4-19-15-10(9)3-5-20-15)13(18)7-14(12)22-17(25)24(16)23-8/h2-7H,1H3,(H,19,20)(H,22,25). The Morgan fingerprint density at radius 3 is 2.92 bits per heavy atom. The maximum absolute atomic E-state index is 12.2. The number of aryl methyl sites for hydroxylation is 1. The number of fused-ring (bicyclic) bond motifs is 4. The summed E-state index contributed by atoms with van der Waals surface area (Å²) in [5.41, 5.74) is 3.38. The lowest BCUT2D eigenvalue weighted by molar-refractivity contribution is 0.863. The van der Waals surface area contributed by atoms with Crippen molar-refractivity contribution in [1.82, 2.24) is 29.5 Å². The number of H-pyrrole nitrogens is 2. The second-order valence-corrected chi connectivity index (χ2v) is 6.21. The zero-order chi connectivity index (χ0) is 17.1. The molecular weight excluding hydrogens is 340 g/mol. The van der Waals surface area contributed by atoms with Gasteiger partial charge in [0.05, 0.1) is 10.5 Å². The van der Waals surface area contributed by atoms with Gasteiger partial charge in [-0.15, -0.1) is 5.10 Å². The summed E-state index contributed by atoms with van der Waals surface area (Å²) >= 11 is 6.52. The summed E-state index contributed by atoms with van der Waals surface area (Å²) in [6.45, 7) is 1.75. The van der Waals surface area contributed by atoms with E-state index in [-0.39, 0.29) is 5.69 Å². The first-order chi connectivity index (χ1) is 12.1. The minimum atomic E-state index is -0.344. The van der Waals surface area contributed by atoms with Crippen molar-refractivity contribution in [2.45, 2.75) is 6.92 Å². The first kappa shape index (κ1) is 14.2. The summed E-state index contributed by atoms with van der Waals surface area (Å²) in [5, 5.41) is 6.43. The molecule has 4 heterocycles. The van der Waals surface area contributed by atoms with Crippen LogP contribution in [-0.2, 0) is 0 Å². The molecule has 5 rings (SSSR count). The van der Waals surface area contributed by atoms with Crippen LogP contribution in [0.15, 0.2) is 41.5 Å². The van der Waals surface area contributed by atoms with E-state index in [4.69, 9.17) is 11.6 Å². The number of nitrogens with zero attached hydrogens (tertiary/aromatic N) is 4. The Kier molecular flexibility index (Phi) is 2.78. The number of hydrogen-bond acceptors (Lipinski definition) is 4. The molecule has 4 aromatic heterocycles. The van der Waals surface area contributed by atoms with Crippen molar-refractivity contribution in [3.05, 3.63) is 58.0 Å². The van der Waals surface area contributed by atoms with E-state index in [1.54, 1.807) is 19.2 Å². The van der Waals surface area contributed by atoms with Gasteiger partial charge in [0.1, 0.15) is 11.5 Å². The Morgan fingerprint density at radius 1 is 1.16 bits per heavy atom. The van der Waals surface area contributed by atoms with Crippen LogP contribution in [-0.4, -0.2) is 29.5 Å². The maximum atomic E-state index is 12.2. The van der Waals surface area contributed by atoms with E-state index >= 15 is 0 Å². The second kappa shape index (κ2) is 4.90. The minimum Gasteiger partial charge on any atom is -0.346 e. The lowest BCUT2D eigenvalue weighted by atomic mass is 10.0. The first-order valence-corrected chi connectivity index (χ1v) is 8.01. The van der Waals surface area contributed by atoms with Crippen molar-refractivity contribution < 1.29 is 0 Å². The van der Waals surface area contributed by atoms with Crippen molar-refractivity contribution in [1.29, 1.82) is 0 Å². The normalized spacial score (nSPS) is 11.8. The Hall–Kier alpha value is -3.19. The fourth-order valence-electron chi connectivity index (χ4n) is 3.16. The van der Waals surface area contributed by atoms with Gasteiger partial charge >= 0.3 is 5.69 Å². The molecule has 0 radical (unpaired) electrons. The highest BCUT2D eigenvalue weighted by Crippen LogP contribution is 2.35. The third-order valence-electron chi connectivity index (χ3n) is 4.25. The Morgan fingerprint density at radius 2 is 2.04 bits per heavy atom. The molecule has 5 aromatic rings. The van der Waals surface area contributed by atoms with Gasteiger partial charge in [-0.2, -0.15) is 4.52 Å². The predicted octanol–water partition coefficient (Wildman–Crippen LogP) is 3.08. The van der Waals surface area contributed by atoms with Crippen molar-refractivity contribution in [2.75, 3.05) is 0 Å². The van der Waals surface area contributed by atoms with E-state index in [0.29, 0.717) is 22.0 Å². The fraction of sp³-hybridized carbons (Fsp3) is 0.0588. The number of nitrogens with one attached hydrogen (secondary N) is 2. The molecule has 0 saturated carbocycles. The molecule has 122 valence electrons. The van der Waals surface area contributed by atoms with E-state index in [1.807, 2.05) is 24.4 Å². The topological polar surface area (TPSA) is 91.7 Å². The van der Waals surface area contributed by atoms with Gasteiger partial charge in [-0.1, -0.05) is 11.6 Å². The van der Waals surface area contributed by atoms with E-state index in [2.05, 4.69) is 25.0 Å². The molecule has 0 aliphatic rings. The molecule has 0 fully saturated rings. The van der Waals surface area contributed by atoms with Gasteiger partial charge in [-0.3, -0.25) is 0 Å². The average molecular weight is 351 g/mol. The van der Waals surface area contributed by atoms with Gasteiger partial charge in [-0.05, 0) is 36.8 Å². The summed E-state index contributed by atoms with van der Waals surface area (Å²) in [6, 6.07) is 7.55. The van der Waals surface area contributed by atoms with Crippen LogP contribution < -0.4 is 5.69 Å². The molecule has 0 atom stereocenters. The van der Waals surface area contributed by atoms with E-state index in [0.717, 1.165) is 27.5 Å². The monoisotopic (exact) mass is 350 g/mol. The molecule has 0 aliphatic carbocycles. The lowest BCUT2D eigenvalue weighted by Crippen LogP contribution is -2.17. The minimum absolute atomic E-state index is 0.344. The number of hydrogen-bond donors (Lipinski definition) is 2. The van der Waals surface area contributed by atoms with E-state index in [9.17, 15) is 4.79 Å². The zero-order valence-corrected chi connectivity index (χ0v) is 13.8. The molecule has 25 heavy (non-hydrogen) atoms. The van der Waals surface area contributed by atoms with Crippen molar-refractivity contribution in [3.63, 3.8) is 0 Å². The van der Waals surface area contributed by atoms with E-state index in [1.165, 1.54) is 4.52 Å². The van der Waals surface area contributed by atoms with Crippen LogP contribution in [0.3, 0.4) is 0 Å². The molecule has 0 bridgehead atoms. The van der Waals surface area contributed by atoms with Crippen molar-refractivity contribution >= 4 is 39.2 Å². The van der Waals surface area contributed by atoms with Crippen LogP contribution in [0.1, 0.15) is 5.82 Å². The van der Waals surface area contributed by atoms with Gasteiger partial charge in [-0.25, -0.2) is 14.8 Å². The molecule has 0 spiro atoms. The molecule has 2 N–H and O–H groups in total. The van der Waals surface area contributed by atoms with Crippen LogP contribution in [0.4, 0.5) is 0 Å². The summed E-state index contributed by atoms with van der Waals surface area (Å²) in [4.78, 5) is 26.8. The quantitative estimate of drug-likeness (QED) is 0.486. The Bertz CT molecular complexity index is 1350. The van der Waals surface area contributed by atoms with Crippen LogP contribution in [0.25, 0.3) is 38.7 Å². The summed E-state index contributed by atoms with van der Waals surface area (Å²) < 4.78 is 1.27. The van der Waals surface area contributed by atoms with Gasteiger partial charge in [0.2, 0.25) is 0 Å². The molecule has 0 amide bonds. The average Bonchev–Trinajstić information content (AvgIpc) is 3.21. The van der Waals surface area contributed by atoms with Crippen molar-refractivity contribution in [3.8, 4) is 11.1 Å². The first-order valence-electron chi connectivity index (χ1n) is 7.63. The molecule has 0 unspecified atom stereocenters. The highest BCUT2D eigenvalue weighted by molar-refractivity contribution is 6.34. The highest BCUT2D eigenvalue weighted by Gasteiger charge is 2.15. The molecule has 0 aliphatic heterocycles. The maximum Gasteiger partial charge on any atom is 0.348 e. The van der Waals surface area contributed by atoms with Crippen LogP contribution in [0.5, 0.6) is 0 Å². The highest BCUT2D eigenvalue weighted by atomic mass is 35.5. The Labute approximate surface area is 145 Å². The van der Waals surface area contributed by atoms with E-state index < -0.39 is 0 Å². The van der Waals surface area contributed by atoms with Gasteiger partial charge < -0.3 is 9.97 Å². The lowest BCUT2D eigenvalue weighted by Gasteiger charge is -2.09. The number of pyridine rings is 1. The number of aromatic amines is 2. The van der Waals surface area contributed by atoms with Crippen LogP contribution in [0.2, 0.25) is 5.02 Å². The molecule has 7 nitrogen and oxygen atoms in total. The zero-order valence-electron chi connectivity index (χ0n) is 13.0. The summed E-state index contributed by atoms with van der Waals surface area (Å²) in [5.74, 6) is 0.534. The predicted molar refractivity (Wildman–Crippen MR) is 95.9 cm³/mol. The number of benzene rings is 1. The molecular formula is C17H11ClN6O. The number of aromatic nitrogens is 6. The van der Waals surface area contributed by atoms with Gasteiger partial charge in [0.25, 0.3) is 0 Å². The second-order valence-electron chi connectivity index (χ2n) is 5.80. The van der Waals surface area contributed by atoms with Gasteiger partial charge in [0.15, 0.2) is 5.65 Å². The third-order valence-corrected chi connectivity index (χ3v) is 4.56. The third kappa shape index (κ3) is 1.99. The smallest absolute Gasteiger partial charge is 0.346 e. The fourth-order valence-corrected chi connectivity index (χ4v) is 3.43. The van der Waals surface area contributed by atoms with Crippen LogP contribution in [0, 0.1) is 6.92 Å². The number of rotatable bonds is 1. The molecule has 8 heteroatoms. The largest absolute Gasteiger partial charge is 0.348 e. The number of halogens is 1. The summed E-state index contributed by atoms with van der Waals surface area (Å²) in [6.07, 6.45) is 3.58. The van der Waals surface area contributed by atoms with Gasteiger partial charge in [0, 0.05) is 28.7 Å². The summed E-state index contributed by atoms with van der Waals surface area (Å²) in [7, 11) is 0. The van der Waals surface area contributed by atoms with Crippen LogP contribution >= 0.6 is 11.6 Å². The molecule has 0 saturated heterocycles. The Balaban J connectivity index is 1.92. The SMILES string of the molecule is Cc1nc2c3cc(-c4ccnc5[nH]ccc45)c(Cl)cc3[nH]c(=O)n2n1.